The van der Waals surface area contributed by atoms with Crippen molar-refractivity contribution in [1.82, 2.24) is 4.72 Å². The van der Waals surface area contributed by atoms with Gasteiger partial charge in [0.15, 0.2) is 0 Å². The summed E-state index contributed by atoms with van der Waals surface area (Å²) in [6, 6.07) is 10.9. The van der Waals surface area contributed by atoms with Crippen molar-refractivity contribution < 1.29 is 12.8 Å². The fraction of sp³-hybridized carbons (Fsp3) is 0.200. The van der Waals surface area contributed by atoms with Gasteiger partial charge >= 0.3 is 0 Å². The highest BCUT2D eigenvalue weighted by Crippen LogP contribution is 2.25. The van der Waals surface area contributed by atoms with Gasteiger partial charge in [0.1, 0.15) is 10.7 Å². The zero-order chi connectivity index (χ0) is 15.0. The zero-order valence-corrected chi connectivity index (χ0v) is 12.0. The van der Waals surface area contributed by atoms with Crippen molar-refractivity contribution in [1.29, 1.82) is 0 Å². The van der Waals surface area contributed by atoms with Crippen LogP contribution in [-0.4, -0.2) is 14.5 Å². The molecule has 3 rings (SSSR count). The first-order chi connectivity index (χ1) is 9.95. The van der Waals surface area contributed by atoms with Crippen molar-refractivity contribution in [2.45, 2.75) is 23.8 Å². The standard InChI is InChI=1S/C15H15FN2O2S/c16-12-5-6-14(17)15(9-12)21(19,20)18-13-7-10-3-1-2-4-11(10)8-13/h1-6,9,13,18H,7-8,17H2. The molecule has 0 radical (unpaired) electrons. The van der Waals surface area contributed by atoms with Crippen LogP contribution in [0.15, 0.2) is 47.4 Å². The summed E-state index contributed by atoms with van der Waals surface area (Å²) in [5, 5.41) is 0. The maximum Gasteiger partial charge on any atom is 0.242 e. The summed E-state index contributed by atoms with van der Waals surface area (Å²) in [7, 11) is -3.83. The number of nitrogen functional groups attached to an aromatic ring is 1. The van der Waals surface area contributed by atoms with Gasteiger partial charge in [0.25, 0.3) is 0 Å². The van der Waals surface area contributed by atoms with Crippen LogP contribution in [0, 0.1) is 5.82 Å². The third-order valence-corrected chi connectivity index (χ3v) is 5.21. The monoisotopic (exact) mass is 306 g/mol. The molecule has 2 aromatic carbocycles. The lowest BCUT2D eigenvalue weighted by Crippen LogP contribution is -2.35. The Labute approximate surface area is 122 Å². The van der Waals surface area contributed by atoms with E-state index in [0.717, 1.165) is 23.3 Å². The number of halogens is 1. The van der Waals surface area contributed by atoms with Gasteiger partial charge in [-0.25, -0.2) is 17.5 Å². The Morgan fingerprint density at radius 2 is 1.71 bits per heavy atom. The van der Waals surface area contributed by atoms with Gasteiger partial charge in [0.2, 0.25) is 10.0 Å². The van der Waals surface area contributed by atoms with Crippen LogP contribution in [0.5, 0.6) is 0 Å². The Morgan fingerprint density at radius 3 is 2.33 bits per heavy atom. The number of sulfonamides is 1. The molecule has 1 aliphatic carbocycles. The van der Waals surface area contributed by atoms with E-state index >= 15 is 0 Å². The van der Waals surface area contributed by atoms with Crippen LogP contribution in [0.25, 0.3) is 0 Å². The average Bonchev–Trinajstić information content (AvgIpc) is 2.82. The summed E-state index contributed by atoms with van der Waals surface area (Å²) in [5.74, 6) is -0.626. The molecule has 6 heteroatoms. The van der Waals surface area contributed by atoms with Crippen molar-refractivity contribution in [3.63, 3.8) is 0 Å². The van der Waals surface area contributed by atoms with Crippen LogP contribution in [0.3, 0.4) is 0 Å². The summed E-state index contributed by atoms with van der Waals surface area (Å²) >= 11 is 0. The third-order valence-electron chi connectivity index (χ3n) is 3.64. The van der Waals surface area contributed by atoms with E-state index in [-0.39, 0.29) is 16.6 Å². The van der Waals surface area contributed by atoms with Crippen molar-refractivity contribution >= 4 is 15.7 Å². The lowest BCUT2D eigenvalue weighted by molar-refractivity contribution is 0.554. The topological polar surface area (TPSA) is 72.2 Å². The van der Waals surface area contributed by atoms with Crippen molar-refractivity contribution in [3.05, 3.63) is 59.4 Å². The summed E-state index contributed by atoms with van der Waals surface area (Å²) < 4.78 is 40.6. The van der Waals surface area contributed by atoms with Gasteiger partial charge in [-0.3, -0.25) is 0 Å². The molecule has 0 unspecified atom stereocenters. The molecule has 0 fully saturated rings. The number of anilines is 1. The molecule has 0 bridgehead atoms. The van der Waals surface area contributed by atoms with E-state index in [0.29, 0.717) is 12.8 Å². The van der Waals surface area contributed by atoms with Crippen molar-refractivity contribution in [2.24, 2.45) is 0 Å². The molecule has 0 saturated carbocycles. The number of hydrogen-bond acceptors (Lipinski definition) is 3. The molecule has 2 aromatic rings. The SMILES string of the molecule is Nc1ccc(F)cc1S(=O)(=O)NC1Cc2ccccc2C1. The number of benzene rings is 2. The van der Waals surface area contributed by atoms with E-state index in [1.807, 2.05) is 24.3 Å². The van der Waals surface area contributed by atoms with Gasteiger partial charge in [-0.2, -0.15) is 0 Å². The van der Waals surface area contributed by atoms with Crippen LogP contribution in [0.2, 0.25) is 0 Å². The van der Waals surface area contributed by atoms with E-state index in [2.05, 4.69) is 4.72 Å². The van der Waals surface area contributed by atoms with Gasteiger partial charge in [-0.15, -0.1) is 0 Å². The molecule has 0 saturated heterocycles. The summed E-state index contributed by atoms with van der Waals surface area (Å²) in [4.78, 5) is -0.210. The van der Waals surface area contributed by atoms with Crippen molar-refractivity contribution in [2.75, 3.05) is 5.73 Å². The van der Waals surface area contributed by atoms with E-state index in [1.54, 1.807) is 0 Å². The first kappa shape index (κ1) is 14.0. The smallest absolute Gasteiger partial charge is 0.242 e. The molecule has 0 spiro atoms. The lowest BCUT2D eigenvalue weighted by Gasteiger charge is -2.14. The Bertz CT molecular complexity index is 765. The second-order valence-electron chi connectivity index (χ2n) is 5.18. The predicted octanol–water partition coefficient (Wildman–Crippen LogP) is 1.85. The van der Waals surface area contributed by atoms with Gasteiger partial charge in [0.05, 0.1) is 5.69 Å². The number of rotatable bonds is 3. The highest BCUT2D eigenvalue weighted by Gasteiger charge is 2.27. The Hall–Kier alpha value is -1.92. The zero-order valence-electron chi connectivity index (χ0n) is 11.2. The van der Waals surface area contributed by atoms with Gasteiger partial charge < -0.3 is 5.73 Å². The van der Waals surface area contributed by atoms with Crippen molar-refractivity contribution in [3.8, 4) is 0 Å². The normalized spacial score (nSPS) is 15.1. The highest BCUT2D eigenvalue weighted by atomic mass is 32.2. The average molecular weight is 306 g/mol. The summed E-state index contributed by atoms with van der Waals surface area (Å²) in [6.45, 7) is 0. The quantitative estimate of drug-likeness (QED) is 0.850. The largest absolute Gasteiger partial charge is 0.398 e. The number of nitrogens with one attached hydrogen (secondary N) is 1. The molecular formula is C15H15FN2O2S. The van der Waals surface area contributed by atoms with Gasteiger partial charge in [-0.05, 0) is 42.2 Å². The van der Waals surface area contributed by atoms with Gasteiger partial charge in [0, 0.05) is 6.04 Å². The second kappa shape index (κ2) is 5.13. The van der Waals surface area contributed by atoms with E-state index in [4.69, 9.17) is 5.73 Å². The maximum atomic E-state index is 13.3. The summed E-state index contributed by atoms with van der Waals surface area (Å²) in [6.07, 6.45) is 1.26. The lowest BCUT2D eigenvalue weighted by atomic mass is 10.1. The molecular weight excluding hydrogens is 291 g/mol. The highest BCUT2D eigenvalue weighted by molar-refractivity contribution is 7.89. The first-order valence-electron chi connectivity index (χ1n) is 6.60. The fourth-order valence-corrected chi connectivity index (χ4v) is 4.04. The minimum absolute atomic E-state index is 0.0411. The molecule has 0 amide bonds. The predicted molar refractivity (Wildman–Crippen MR) is 78.8 cm³/mol. The Kier molecular flexibility index (Phi) is 3.43. The van der Waals surface area contributed by atoms with Crippen LogP contribution < -0.4 is 10.5 Å². The molecule has 110 valence electrons. The Morgan fingerprint density at radius 1 is 1.10 bits per heavy atom. The number of hydrogen-bond donors (Lipinski definition) is 2. The molecule has 0 atom stereocenters. The van der Waals surface area contributed by atoms with Crippen LogP contribution in [0.1, 0.15) is 11.1 Å². The van der Waals surface area contributed by atoms with Gasteiger partial charge in [-0.1, -0.05) is 24.3 Å². The molecule has 21 heavy (non-hydrogen) atoms. The minimum Gasteiger partial charge on any atom is -0.398 e. The third kappa shape index (κ3) is 2.77. The first-order valence-corrected chi connectivity index (χ1v) is 8.08. The number of fused-ring (bicyclic) bond motifs is 1. The van der Waals surface area contributed by atoms with Crippen LogP contribution >= 0.6 is 0 Å². The minimum atomic E-state index is -3.83. The summed E-state index contributed by atoms with van der Waals surface area (Å²) in [5.41, 5.74) is 7.96. The molecule has 4 nitrogen and oxygen atoms in total. The van der Waals surface area contributed by atoms with Crippen LogP contribution in [-0.2, 0) is 22.9 Å². The molecule has 0 heterocycles. The molecule has 1 aliphatic rings. The number of nitrogens with two attached hydrogens (primary N) is 1. The van der Waals surface area contributed by atoms with E-state index in [1.165, 1.54) is 6.07 Å². The maximum absolute atomic E-state index is 13.3. The molecule has 3 N–H and O–H groups in total. The fourth-order valence-electron chi connectivity index (χ4n) is 2.67. The Balaban J connectivity index is 1.84. The van der Waals surface area contributed by atoms with E-state index in [9.17, 15) is 12.8 Å². The van der Waals surface area contributed by atoms with E-state index < -0.39 is 15.8 Å². The van der Waals surface area contributed by atoms with Crippen LogP contribution in [0.4, 0.5) is 10.1 Å². The molecule has 0 aromatic heterocycles. The molecule has 0 aliphatic heterocycles. The second-order valence-corrected chi connectivity index (χ2v) is 6.86.